The Labute approximate surface area is 109 Å². The first kappa shape index (κ1) is 15.5. The van der Waals surface area contributed by atoms with Crippen molar-refractivity contribution in [1.82, 2.24) is 5.32 Å². The highest BCUT2D eigenvalue weighted by molar-refractivity contribution is 5.89. The number of esters is 1. The second-order valence-electron chi connectivity index (χ2n) is 4.04. The molecule has 0 radical (unpaired) electrons. The fraction of sp³-hybridized carbons (Fsp3) is 0.462. The van der Waals surface area contributed by atoms with Crippen LogP contribution in [-0.2, 0) is 4.74 Å². The third kappa shape index (κ3) is 4.24. The molecule has 1 N–H and O–H groups in total. The number of hydrogen-bond acceptors (Lipinski definition) is 3. The van der Waals surface area contributed by atoms with E-state index in [-0.39, 0.29) is 17.7 Å². The Kier molecular flexibility index (Phi) is 5.35. The second kappa shape index (κ2) is 6.56. The maximum Gasteiger partial charge on any atom is 0.407 e. The molecule has 0 aliphatic carbocycles. The van der Waals surface area contributed by atoms with E-state index in [1.54, 1.807) is 6.92 Å². The van der Waals surface area contributed by atoms with Crippen molar-refractivity contribution in [1.29, 1.82) is 0 Å². The van der Waals surface area contributed by atoms with Gasteiger partial charge in [-0.25, -0.2) is 4.79 Å². The molecule has 0 aliphatic heterocycles. The lowest BCUT2D eigenvalue weighted by molar-refractivity contribution is -0.157. The number of nitrogens with one attached hydrogen (secondary N) is 1. The molecule has 1 atom stereocenters. The van der Waals surface area contributed by atoms with Gasteiger partial charge in [0.1, 0.15) is 6.04 Å². The molecule has 6 heteroatoms. The number of carbonyl (C=O) groups is 1. The summed E-state index contributed by atoms with van der Waals surface area (Å²) in [6.45, 7) is 2.06. The van der Waals surface area contributed by atoms with Gasteiger partial charge in [0.2, 0.25) is 0 Å². The molecule has 106 valence electrons. The van der Waals surface area contributed by atoms with Crippen LogP contribution in [0, 0.1) is 0 Å². The lowest BCUT2D eigenvalue weighted by Gasteiger charge is -2.22. The fourth-order valence-corrected chi connectivity index (χ4v) is 1.64. The summed E-state index contributed by atoms with van der Waals surface area (Å²) < 4.78 is 43.2. The van der Waals surface area contributed by atoms with Crippen LogP contribution in [0.15, 0.2) is 24.3 Å². The first-order valence-corrected chi connectivity index (χ1v) is 5.88. The summed E-state index contributed by atoms with van der Waals surface area (Å²) in [7, 11) is 1.22. The minimum atomic E-state index is -4.37. The number of halogens is 3. The van der Waals surface area contributed by atoms with Crippen molar-refractivity contribution < 1.29 is 22.7 Å². The maximum absolute atomic E-state index is 12.9. The van der Waals surface area contributed by atoms with Crippen LogP contribution in [0.5, 0.6) is 0 Å². The van der Waals surface area contributed by atoms with Crippen molar-refractivity contribution in [2.45, 2.75) is 25.6 Å². The van der Waals surface area contributed by atoms with Crippen LogP contribution in [0.1, 0.15) is 35.3 Å². The maximum atomic E-state index is 12.9. The molecule has 0 aliphatic rings. The number of carbonyl (C=O) groups excluding carboxylic acids is 1. The number of ether oxygens (including phenoxy) is 1. The van der Waals surface area contributed by atoms with E-state index in [9.17, 15) is 18.0 Å². The quantitative estimate of drug-likeness (QED) is 0.839. The van der Waals surface area contributed by atoms with Gasteiger partial charge >= 0.3 is 12.1 Å². The van der Waals surface area contributed by atoms with Crippen molar-refractivity contribution in [2.75, 3.05) is 13.7 Å². The average Bonchev–Trinajstić information content (AvgIpc) is 2.37. The normalized spacial score (nSPS) is 13.1. The summed E-state index contributed by atoms with van der Waals surface area (Å²) in [5.74, 6) is -0.573. The number of rotatable bonds is 5. The van der Waals surface area contributed by atoms with Gasteiger partial charge in [-0.3, -0.25) is 0 Å². The van der Waals surface area contributed by atoms with Gasteiger partial charge < -0.3 is 10.1 Å². The summed E-state index contributed by atoms with van der Waals surface area (Å²) in [6, 6.07) is 3.50. The minimum Gasteiger partial charge on any atom is -0.465 e. The largest absolute Gasteiger partial charge is 0.465 e. The Morgan fingerprint density at radius 1 is 1.32 bits per heavy atom. The van der Waals surface area contributed by atoms with Gasteiger partial charge in [-0.1, -0.05) is 19.1 Å². The van der Waals surface area contributed by atoms with Gasteiger partial charge in [0, 0.05) is 0 Å². The molecule has 0 fully saturated rings. The lowest BCUT2D eigenvalue weighted by atomic mass is 10.0. The van der Waals surface area contributed by atoms with Gasteiger partial charge in [0.05, 0.1) is 12.7 Å². The predicted molar refractivity (Wildman–Crippen MR) is 64.9 cm³/mol. The minimum absolute atomic E-state index is 0.0774. The van der Waals surface area contributed by atoms with E-state index in [0.29, 0.717) is 6.42 Å². The van der Waals surface area contributed by atoms with E-state index < -0.39 is 18.2 Å². The number of benzene rings is 1. The van der Waals surface area contributed by atoms with E-state index in [2.05, 4.69) is 10.1 Å². The number of methoxy groups -OCH3 is 1. The topological polar surface area (TPSA) is 38.3 Å². The number of hydrogen-bond donors (Lipinski definition) is 1. The highest BCUT2D eigenvalue weighted by Crippen LogP contribution is 2.32. The number of alkyl halides is 3. The van der Waals surface area contributed by atoms with Gasteiger partial charge in [0.25, 0.3) is 0 Å². The lowest BCUT2D eigenvalue weighted by Crippen LogP contribution is -2.34. The van der Waals surface area contributed by atoms with Gasteiger partial charge in [0.15, 0.2) is 0 Å². The van der Waals surface area contributed by atoms with Crippen molar-refractivity contribution in [2.24, 2.45) is 0 Å². The molecule has 1 rings (SSSR count). The standard InChI is InChI=1S/C13H16F3NO2/c1-3-8-17-11(13(14,15)16)9-4-6-10(7-5-9)12(18)19-2/h4-7,11,17H,3,8H2,1-2H3. The molecule has 1 aromatic carbocycles. The van der Waals surface area contributed by atoms with Crippen molar-refractivity contribution in [3.8, 4) is 0 Å². The van der Waals surface area contributed by atoms with E-state index in [1.807, 2.05) is 0 Å². The smallest absolute Gasteiger partial charge is 0.407 e. The second-order valence-corrected chi connectivity index (χ2v) is 4.04. The van der Waals surface area contributed by atoms with Crippen LogP contribution < -0.4 is 5.32 Å². The molecule has 1 aromatic rings. The summed E-state index contributed by atoms with van der Waals surface area (Å²) in [6.07, 6.45) is -3.77. The van der Waals surface area contributed by atoms with E-state index in [1.165, 1.54) is 31.4 Å². The van der Waals surface area contributed by atoms with Crippen LogP contribution >= 0.6 is 0 Å². The van der Waals surface area contributed by atoms with Crippen LogP contribution in [0.25, 0.3) is 0 Å². The third-order valence-corrected chi connectivity index (χ3v) is 2.59. The Bertz CT molecular complexity index is 415. The molecular formula is C13H16F3NO2. The monoisotopic (exact) mass is 275 g/mol. The molecule has 19 heavy (non-hydrogen) atoms. The first-order valence-electron chi connectivity index (χ1n) is 5.88. The Morgan fingerprint density at radius 2 is 1.89 bits per heavy atom. The summed E-state index contributed by atoms with van der Waals surface area (Å²) in [4.78, 5) is 11.2. The van der Waals surface area contributed by atoms with Gasteiger partial charge in [-0.05, 0) is 30.7 Å². The summed E-state index contributed by atoms with van der Waals surface area (Å²) in [5, 5.41) is 2.45. The predicted octanol–water partition coefficient (Wildman–Crippen LogP) is 3.08. The van der Waals surface area contributed by atoms with Crippen molar-refractivity contribution in [3.05, 3.63) is 35.4 Å². The molecule has 0 amide bonds. The van der Waals surface area contributed by atoms with Crippen LogP contribution in [0.2, 0.25) is 0 Å². The van der Waals surface area contributed by atoms with Crippen LogP contribution in [0.4, 0.5) is 13.2 Å². The Hall–Kier alpha value is -1.56. The Balaban J connectivity index is 2.94. The average molecular weight is 275 g/mol. The molecule has 0 bridgehead atoms. The van der Waals surface area contributed by atoms with Gasteiger partial charge in [-0.15, -0.1) is 0 Å². The molecule has 0 aromatic heterocycles. The zero-order chi connectivity index (χ0) is 14.5. The SMILES string of the molecule is CCCNC(c1ccc(C(=O)OC)cc1)C(F)(F)F. The highest BCUT2D eigenvalue weighted by Gasteiger charge is 2.40. The molecule has 3 nitrogen and oxygen atoms in total. The molecule has 0 heterocycles. The first-order chi connectivity index (χ1) is 8.90. The van der Waals surface area contributed by atoms with Crippen LogP contribution in [0.3, 0.4) is 0 Å². The third-order valence-electron chi connectivity index (χ3n) is 2.59. The van der Waals surface area contributed by atoms with Crippen LogP contribution in [-0.4, -0.2) is 25.8 Å². The van der Waals surface area contributed by atoms with E-state index >= 15 is 0 Å². The molecule has 0 saturated carbocycles. The fourth-order valence-electron chi connectivity index (χ4n) is 1.64. The molecule has 0 spiro atoms. The zero-order valence-corrected chi connectivity index (χ0v) is 10.8. The molecule has 1 unspecified atom stereocenters. The zero-order valence-electron chi connectivity index (χ0n) is 10.8. The summed E-state index contributed by atoms with van der Waals surface area (Å²) in [5.41, 5.74) is 0.302. The van der Waals surface area contributed by atoms with Crippen molar-refractivity contribution >= 4 is 5.97 Å². The molecular weight excluding hydrogens is 259 g/mol. The highest BCUT2D eigenvalue weighted by atomic mass is 19.4. The molecule has 0 saturated heterocycles. The summed E-state index contributed by atoms with van der Waals surface area (Å²) >= 11 is 0. The Morgan fingerprint density at radius 3 is 2.32 bits per heavy atom. The van der Waals surface area contributed by atoms with E-state index in [0.717, 1.165) is 0 Å². The van der Waals surface area contributed by atoms with E-state index in [4.69, 9.17) is 0 Å². The van der Waals surface area contributed by atoms with Crippen molar-refractivity contribution in [3.63, 3.8) is 0 Å². The van der Waals surface area contributed by atoms with Gasteiger partial charge in [-0.2, -0.15) is 13.2 Å².